The normalized spacial score (nSPS) is 24.8. The third-order valence-electron chi connectivity index (χ3n) is 7.98. The van der Waals surface area contributed by atoms with Crippen LogP contribution < -0.4 is 19.3 Å². The van der Waals surface area contributed by atoms with Crippen LogP contribution in [0.2, 0.25) is 5.02 Å². The van der Waals surface area contributed by atoms with Crippen molar-refractivity contribution < 1.29 is 28.8 Å². The number of carboxylic acids is 1. The van der Waals surface area contributed by atoms with Crippen LogP contribution in [0.25, 0.3) is 0 Å². The Balaban J connectivity index is 1.42. The maximum Gasteiger partial charge on any atom is 0.305 e. The minimum Gasteiger partial charge on any atom is -0.481 e. The molecular formula is C29H41ClN4O6. The summed E-state index contributed by atoms with van der Waals surface area (Å²) >= 11 is 6.43. The third-order valence-corrected chi connectivity index (χ3v) is 8.27. The van der Waals surface area contributed by atoms with Crippen molar-refractivity contribution >= 4 is 28.9 Å². The molecule has 0 saturated carbocycles. The maximum absolute atomic E-state index is 11.7. The van der Waals surface area contributed by atoms with Crippen LogP contribution in [0.1, 0.15) is 38.7 Å². The summed E-state index contributed by atoms with van der Waals surface area (Å²) in [6, 6.07) is 3.73. The van der Waals surface area contributed by atoms with E-state index in [2.05, 4.69) is 33.6 Å². The number of methoxy groups -OCH3 is 2. The Morgan fingerprint density at radius 3 is 2.60 bits per heavy atom. The number of carboxylic acid groups (broad SMARTS) is 1. The Bertz CT molecular complexity index is 1150. The Labute approximate surface area is 241 Å². The number of hydrogen-bond donors (Lipinski definition) is 1. The van der Waals surface area contributed by atoms with Crippen molar-refractivity contribution in [2.24, 2.45) is 11.8 Å². The summed E-state index contributed by atoms with van der Waals surface area (Å²) in [5, 5.41) is 10.2. The standard InChI is InChI=1S/C29H41ClN4O6/c1-18-11-21(34-17-26(39-10-6-9-37-4)20(3)23(34)13-28(35)36)14-32-29(18)40-25-7-8-33(16-19(25)2)24-12-27(38-5)31-15-22(24)30/h11-12,14-15,19-20,23,25-26H,6-10,13,16-17H2,1-5H3,(H,35,36). The highest BCUT2D eigenvalue weighted by molar-refractivity contribution is 6.33. The lowest BCUT2D eigenvalue weighted by atomic mass is 9.96. The van der Waals surface area contributed by atoms with Gasteiger partial charge in [-0.1, -0.05) is 25.4 Å². The van der Waals surface area contributed by atoms with Crippen molar-refractivity contribution in [3.63, 3.8) is 0 Å². The maximum atomic E-state index is 11.7. The quantitative estimate of drug-likeness (QED) is 0.364. The van der Waals surface area contributed by atoms with Gasteiger partial charge in [0.1, 0.15) is 6.10 Å². The summed E-state index contributed by atoms with van der Waals surface area (Å²) in [5.41, 5.74) is 2.71. The second-order valence-corrected chi connectivity index (χ2v) is 11.2. The van der Waals surface area contributed by atoms with Gasteiger partial charge in [0.15, 0.2) is 0 Å². The summed E-state index contributed by atoms with van der Waals surface area (Å²) in [7, 11) is 3.27. The third kappa shape index (κ3) is 7.08. The molecule has 2 aromatic heterocycles. The van der Waals surface area contributed by atoms with Crippen molar-refractivity contribution in [1.29, 1.82) is 0 Å². The number of ether oxygens (including phenoxy) is 4. The number of piperidine rings is 1. The van der Waals surface area contributed by atoms with Gasteiger partial charge in [-0.2, -0.15) is 0 Å². The minimum absolute atomic E-state index is 0.00672. The molecule has 1 N–H and O–H groups in total. The molecule has 0 aliphatic carbocycles. The molecule has 220 valence electrons. The zero-order valence-corrected chi connectivity index (χ0v) is 24.8. The second kappa shape index (κ2) is 13.7. The molecule has 0 amide bonds. The van der Waals surface area contributed by atoms with E-state index in [1.807, 2.05) is 19.1 Å². The number of pyridine rings is 2. The van der Waals surface area contributed by atoms with Gasteiger partial charge in [0, 0.05) is 75.9 Å². The SMILES string of the molecule is COCCCOC1CN(c2cnc(OC3CCN(c4cc(OC)ncc4Cl)CC3C)c(C)c2)C(CC(=O)O)C1C. The lowest BCUT2D eigenvalue weighted by Crippen LogP contribution is -2.44. The Morgan fingerprint density at radius 1 is 1.12 bits per heavy atom. The molecule has 0 radical (unpaired) electrons. The molecule has 4 heterocycles. The molecule has 40 heavy (non-hydrogen) atoms. The van der Waals surface area contributed by atoms with Gasteiger partial charge in [0.05, 0.1) is 48.4 Å². The van der Waals surface area contributed by atoms with Crippen LogP contribution in [0, 0.1) is 18.8 Å². The Hall–Kier alpha value is -2.82. The van der Waals surface area contributed by atoms with E-state index in [-0.39, 0.29) is 36.5 Å². The van der Waals surface area contributed by atoms with E-state index >= 15 is 0 Å². The summed E-state index contributed by atoms with van der Waals surface area (Å²) in [4.78, 5) is 24.9. The number of aliphatic carboxylic acids is 1. The lowest BCUT2D eigenvalue weighted by Gasteiger charge is -2.38. The molecule has 10 nitrogen and oxygen atoms in total. The van der Waals surface area contributed by atoms with E-state index in [9.17, 15) is 9.90 Å². The molecular weight excluding hydrogens is 536 g/mol. The number of rotatable bonds is 12. The monoisotopic (exact) mass is 576 g/mol. The van der Waals surface area contributed by atoms with Crippen LogP contribution in [0.4, 0.5) is 11.4 Å². The summed E-state index contributed by atoms with van der Waals surface area (Å²) in [6.07, 6.45) is 5.02. The van der Waals surface area contributed by atoms with Crippen LogP contribution in [-0.2, 0) is 14.3 Å². The van der Waals surface area contributed by atoms with Gasteiger partial charge < -0.3 is 33.9 Å². The van der Waals surface area contributed by atoms with Crippen LogP contribution in [-0.4, -0.2) is 86.4 Å². The van der Waals surface area contributed by atoms with Gasteiger partial charge in [-0.15, -0.1) is 0 Å². The first-order valence-corrected chi connectivity index (χ1v) is 14.3. The summed E-state index contributed by atoms with van der Waals surface area (Å²) < 4.78 is 22.9. The number of aryl methyl sites for hydroxylation is 1. The van der Waals surface area contributed by atoms with Gasteiger partial charge >= 0.3 is 5.97 Å². The fraction of sp³-hybridized carbons (Fsp3) is 0.621. The number of anilines is 2. The van der Waals surface area contributed by atoms with E-state index < -0.39 is 5.97 Å². The Morgan fingerprint density at radius 2 is 1.93 bits per heavy atom. The molecule has 0 spiro atoms. The zero-order valence-electron chi connectivity index (χ0n) is 24.0. The smallest absolute Gasteiger partial charge is 0.305 e. The predicted molar refractivity (Wildman–Crippen MR) is 154 cm³/mol. The average molecular weight is 577 g/mol. The minimum atomic E-state index is -0.821. The molecule has 0 aromatic carbocycles. The first-order valence-electron chi connectivity index (χ1n) is 13.9. The van der Waals surface area contributed by atoms with Crippen molar-refractivity contribution in [2.75, 3.05) is 56.9 Å². The molecule has 11 heteroatoms. The van der Waals surface area contributed by atoms with Crippen molar-refractivity contribution in [3.05, 3.63) is 35.1 Å². The molecule has 5 unspecified atom stereocenters. The van der Waals surface area contributed by atoms with E-state index in [1.54, 1.807) is 26.6 Å². The van der Waals surface area contributed by atoms with Crippen molar-refractivity contribution in [3.8, 4) is 11.8 Å². The zero-order chi connectivity index (χ0) is 28.8. The highest BCUT2D eigenvalue weighted by Crippen LogP contribution is 2.36. The molecule has 2 aliphatic rings. The first kappa shape index (κ1) is 30.1. The largest absolute Gasteiger partial charge is 0.481 e. The number of nitrogens with zero attached hydrogens (tertiary/aromatic N) is 4. The van der Waals surface area contributed by atoms with E-state index in [0.717, 1.165) is 42.9 Å². The predicted octanol–water partition coefficient (Wildman–Crippen LogP) is 4.46. The van der Waals surface area contributed by atoms with Gasteiger partial charge in [0.2, 0.25) is 11.8 Å². The fourth-order valence-corrected chi connectivity index (χ4v) is 5.92. The van der Waals surface area contributed by atoms with Crippen LogP contribution in [0.5, 0.6) is 11.8 Å². The van der Waals surface area contributed by atoms with Gasteiger partial charge in [0.25, 0.3) is 0 Å². The first-order chi connectivity index (χ1) is 19.2. The van der Waals surface area contributed by atoms with Crippen LogP contribution in [0.3, 0.4) is 0 Å². The van der Waals surface area contributed by atoms with Crippen LogP contribution in [0.15, 0.2) is 24.5 Å². The van der Waals surface area contributed by atoms with E-state index in [1.165, 1.54) is 0 Å². The molecule has 2 aliphatic heterocycles. The molecule has 2 aromatic rings. The van der Waals surface area contributed by atoms with Crippen molar-refractivity contribution in [1.82, 2.24) is 9.97 Å². The number of carbonyl (C=O) groups is 1. The van der Waals surface area contributed by atoms with Gasteiger partial charge in [-0.05, 0) is 19.4 Å². The number of aromatic nitrogens is 2. The topological polar surface area (TPSA) is 106 Å². The molecule has 4 rings (SSSR count). The van der Waals surface area contributed by atoms with Gasteiger partial charge in [-0.3, -0.25) is 4.79 Å². The second-order valence-electron chi connectivity index (χ2n) is 10.8. The van der Waals surface area contributed by atoms with E-state index in [4.69, 9.17) is 30.5 Å². The fourth-order valence-electron chi connectivity index (χ4n) is 5.69. The molecule has 2 fully saturated rings. The van der Waals surface area contributed by atoms with Crippen molar-refractivity contribution in [2.45, 2.75) is 58.3 Å². The van der Waals surface area contributed by atoms with E-state index in [0.29, 0.717) is 36.5 Å². The summed E-state index contributed by atoms with van der Waals surface area (Å²) in [6.45, 7) is 9.62. The summed E-state index contributed by atoms with van der Waals surface area (Å²) in [5.74, 6) is 0.618. The number of hydrogen-bond acceptors (Lipinski definition) is 9. The van der Waals surface area contributed by atoms with Crippen LogP contribution >= 0.6 is 11.6 Å². The van der Waals surface area contributed by atoms with Gasteiger partial charge in [-0.25, -0.2) is 9.97 Å². The Kier molecular flexibility index (Phi) is 10.3. The molecule has 2 saturated heterocycles. The molecule has 0 bridgehead atoms. The highest BCUT2D eigenvalue weighted by atomic mass is 35.5. The average Bonchev–Trinajstić information content (AvgIpc) is 3.23. The molecule has 5 atom stereocenters. The number of halogens is 1. The highest BCUT2D eigenvalue weighted by Gasteiger charge is 2.41. The lowest BCUT2D eigenvalue weighted by molar-refractivity contribution is -0.137.